The highest BCUT2D eigenvalue weighted by Gasteiger charge is 2.32. The van der Waals surface area contributed by atoms with Gasteiger partial charge in [0, 0.05) is 37.5 Å². The van der Waals surface area contributed by atoms with E-state index in [9.17, 15) is 9.59 Å². The van der Waals surface area contributed by atoms with Gasteiger partial charge in [0.2, 0.25) is 5.91 Å². The maximum absolute atomic E-state index is 12.7. The quantitative estimate of drug-likeness (QED) is 0.842. The molecule has 5 nitrogen and oxygen atoms in total. The lowest BCUT2D eigenvalue weighted by Crippen LogP contribution is -2.56. The van der Waals surface area contributed by atoms with E-state index in [1.165, 1.54) is 0 Å². The maximum atomic E-state index is 12.7. The minimum absolute atomic E-state index is 0.0309. The van der Waals surface area contributed by atoms with Crippen LogP contribution in [0.5, 0.6) is 0 Å². The molecule has 6 heteroatoms. The van der Waals surface area contributed by atoms with E-state index in [4.69, 9.17) is 11.6 Å². The van der Waals surface area contributed by atoms with Gasteiger partial charge in [0.25, 0.3) is 5.91 Å². The molecule has 3 rings (SSSR count). The van der Waals surface area contributed by atoms with Gasteiger partial charge in [-0.3, -0.25) is 14.6 Å². The van der Waals surface area contributed by atoms with Gasteiger partial charge < -0.3 is 9.80 Å². The Kier molecular flexibility index (Phi) is 4.53. The number of halogens is 1. The smallest absolute Gasteiger partial charge is 0.254 e. The molecule has 0 aliphatic carbocycles. The molecule has 0 spiro atoms. The number of carbonyl (C=O) groups is 2. The minimum Gasteiger partial charge on any atom is -0.342 e. The van der Waals surface area contributed by atoms with Gasteiger partial charge >= 0.3 is 0 Å². The van der Waals surface area contributed by atoms with Gasteiger partial charge in [-0.1, -0.05) is 23.7 Å². The fraction of sp³-hybridized carbons (Fsp3) is 0.278. The molecule has 1 aromatic carbocycles. The van der Waals surface area contributed by atoms with Crippen LogP contribution in [0.4, 0.5) is 0 Å². The summed E-state index contributed by atoms with van der Waals surface area (Å²) in [6.07, 6.45) is 1.59. The van der Waals surface area contributed by atoms with Crippen LogP contribution >= 0.6 is 11.6 Å². The van der Waals surface area contributed by atoms with E-state index in [2.05, 4.69) is 4.98 Å². The zero-order chi connectivity index (χ0) is 17.3. The number of benzene rings is 1. The summed E-state index contributed by atoms with van der Waals surface area (Å²) in [5.74, 6) is -0.156. The van der Waals surface area contributed by atoms with Crippen LogP contribution < -0.4 is 0 Å². The summed E-state index contributed by atoms with van der Waals surface area (Å²) in [5, 5.41) is 0.583. The summed E-state index contributed by atoms with van der Waals surface area (Å²) in [4.78, 5) is 32.3. The third-order valence-electron chi connectivity index (χ3n) is 4.29. The predicted molar refractivity (Wildman–Crippen MR) is 92.8 cm³/mol. The molecule has 1 fully saturated rings. The second-order valence-corrected chi connectivity index (χ2v) is 6.31. The number of piperazine rings is 1. The second kappa shape index (κ2) is 6.61. The Morgan fingerprint density at radius 1 is 1.17 bits per heavy atom. The van der Waals surface area contributed by atoms with Gasteiger partial charge in [-0.25, -0.2) is 0 Å². The molecule has 0 radical (unpaired) electrons. The van der Waals surface area contributed by atoms with Crippen molar-refractivity contribution in [3.63, 3.8) is 0 Å². The Hall–Kier alpha value is -2.40. The fourth-order valence-electron chi connectivity index (χ4n) is 2.79. The summed E-state index contributed by atoms with van der Waals surface area (Å²) in [7, 11) is 1.76. The van der Waals surface area contributed by atoms with Crippen molar-refractivity contribution < 1.29 is 9.59 Å². The highest BCUT2D eigenvalue weighted by molar-refractivity contribution is 6.30. The minimum atomic E-state index is -0.436. The van der Waals surface area contributed by atoms with Crippen molar-refractivity contribution in [1.29, 1.82) is 0 Å². The number of pyridine rings is 1. The highest BCUT2D eigenvalue weighted by Crippen LogP contribution is 2.21. The molecule has 0 N–H and O–H groups in total. The number of amides is 2. The zero-order valence-corrected chi connectivity index (χ0v) is 14.3. The molecule has 1 saturated heterocycles. The van der Waals surface area contributed by atoms with Gasteiger partial charge in [0.05, 0.1) is 10.7 Å². The van der Waals surface area contributed by atoms with Crippen molar-refractivity contribution >= 4 is 23.4 Å². The first kappa shape index (κ1) is 16.5. The van der Waals surface area contributed by atoms with Gasteiger partial charge in [0.1, 0.15) is 6.04 Å². The van der Waals surface area contributed by atoms with Crippen LogP contribution in [0.3, 0.4) is 0 Å². The zero-order valence-electron chi connectivity index (χ0n) is 13.6. The van der Waals surface area contributed by atoms with Crippen molar-refractivity contribution in [2.45, 2.75) is 13.0 Å². The van der Waals surface area contributed by atoms with Crippen molar-refractivity contribution in [2.75, 3.05) is 20.1 Å². The van der Waals surface area contributed by atoms with Gasteiger partial charge in [-0.05, 0) is 31.2 Å². The summed E-state index contributed by atoms with van der Waals surface area (Å²) in [6, 6.07) is 10.4. The van der Waals surface area contributed by atoms with E-state index in [0.29, 0.717) is 23.7 Å². The van der Waals surface area contributed by atoms with Crippen LogP contribution in [0.25, 0.3) is 11.3 Å². The Morgan fingerprint density at radius 2 is 1.88 bits per heavy atom. The van der Waals surface area contributed by atoms with E-state index < -0.39 is 6.04 Å². The number of rotatable bonds is 2. The number of nitrogens with zero attached hydrogens (tertiary/aromatic N) is 3. The molecule has 2 aromatic rings. The van der Waals surface area contributed by atoms with Gasteiger partial charge in [-0.2, -0.15) is 0 Å². The van der Waals surface area contributed by atoms with Crippen molar-refractivity contribution in [1.82, 2.24) is 14.8 Å². The average Bonchev–Trinajstić information content (AvgIpc) is 2.60. The van der Waals surface area contributed by atoms with E-state index in [1.54, 1.807) is 48.2 Å². The van der Waals surface area contributed by atoms with Crippen molar-refractivity contribution in [3.05, 3.63) is 53.2 Å². The molecule has 2 heterocycles. The van der Waals surface area contributed by atoms with Gasteiger partial charge in [0.15, 0.2) is 0 Å². The topological polar surface area (TPSA) is 53.5 Å². The summed E-state index contributed by atoms with van der Waals surface area (Å²) in [5.41, 5.74) is 2.27. The lowest BCUT2D eigenvalue weighted by molar-refractivity contribution is -0.137. The molecular weight excluding hydrogens is 326 g/mol. The highest BCUT2D eigenvalue weighted by atomic mass is 35.5. The lowest BCUT2D eigenvalue weighted by atomic mass is 10.1. The Bertz CT molecular complexity index is 759. The molecule has 0 bridgehead atoms. The van der Waals surface area contributed by atoms with Crippen LogP contribution in [0.2, 0.25) is 5.02 Å². The molecule has 1 aliphatic rings. The fourth-order valence-corrected chi connectivity index (χ4v) is 2.90. The molecule has 0 unspecified atom stereocenters. The summed E-state index contributed by atoms with van der Waals surface area (Å²) in [6.45, 7) is 2.87. The summed E-state index contributed by atoms with van der Waals surface area (Å²) >= 11 is 5.84. The number of likely N-dealkylation sites (N-methyl/N-ethyl adjacent to an activating group) is 1. The first-order valence-electron chi connectivity index (χ1n) is 7.75. The van der Waals surface area contributed by atoms with E-state index in [-0.39, 0.29) is 11.8 Å². The third kappa shape index (κ3) is 3.12. The molecule has 0 saturated carbocycles. The molecule has 1 aliphatic heterocycles. The number of hydrogen-bond donors (Lipinski definition) is 0. The monoisotopic (exact) mass is 343 g/mol. The SMILES string of the molecule is C[C@@H]1C(=O)N(C)CCN1C(=O)c1ccc(-c2ccc(Cl)cn2)cc1. The van der Waals surface area contributed by atoms with E-state index >= 15 is 0 Å². The standard InChI is InChI=1S/C18H18ClN3O2/c1-12-17(23)21(2)9-10-22(12)18(24)14-5-3-13(4-6-14)16-8-7-15(19)11-20-16/h3-8,11-12H,9-10H2,1-2H3/t12-/m1/s1. The number of hydrogen-bond acceptors (Lipinski definition) is 3. The van der Waals surface area contributed by atoms with E-state index in [1.807, 2.05) is 18.2 Å². The first-order valence-corrected chi connectivity index (χ1v) is 8.13. The third-order valence-corrected chi connectivity index (χ3v) is 4.52. The van der Waals surface area contributed by atoms with Crippen LogP contribution in [0.1, 0.15) is 17.3 Å². The summed E-state index contributed by atoms with van der Waals surface area (Å²) < 4.78 is 0. The van der Waals surface area contributed by atoms with Crippen LogP contribution in [-0.2, 0) is 4.79 Å². The van der Waals surface area contributed by atoms with Crippen LogP contribution in [-0.4, -0.2) is 52.8 Å². The molecule has 1 atom stereocenters. The van der Waals surface area contributed by atoms with Crippen LogP contribution in [0, 0.1) is 0 Å². The molecule has 2 amide bonds. The maximum Gasteiger partial charge on any atom is 0.254 e. The van der Waals surface area contributed by atoms with Gasteiger partial charge in [-0.15, -0.1) is 0 Å². The lowest BCUT2D eigenvalue weighted by Gasteiger charge is -2.37. The van der Waals surface area contributed by atoms with Crippen LogP contribution in [0.15, 0.2) is 42.6 Å². The molecule has 124 valence electrons. The Labute approximate surface area is 145 Å². The van der Waals surface area contributed by atoms with Crippen molar-refractivity contribution in [3.8, 4) is 11.3 Å². The first-order chi connectivity index (χ1) is 11.5. The Morgan fingerprint density at radius 3 is 2.50 bits per heavy atom. The van der Waals surface area contributed by atoms with E-state index in [0.717, 1.165) is 11.3 Å². The molecular formula is C18H18ClN3O2. The Balaban J connectivity index is 1.79. The number of aromatic nitrogens is 1. The average molecular weight is 344 g/mol. The largest absolute Gasteiger partial charge is 0.342 e. The number of carbonyl (C=O) groups excluding carboxylic acids is 2. The van der Waals surface area contributed by atoms with Crippen molar-refractivity contribution in [2.24, 2.45) is 0 Å². The normalized spacial score (nSPS) is 18.0. The molecule has 1 aromatic heterocycles. The second-order valence-electron chi connectivity index (χ2n) is 5.87. The molecule has 24 heavy (non-hydrogen) atoms. The predicted octanol–water partition coefficient (Wildman–Crippen LogP) is 2.70.